The number of hydrogen-bond donors (Lipinski definition) is 1. The maximum Gasteiger partial charge on any atom is 0.261 e. The van der Waals surface area contributed by atoms with Gasteiger partial charge in [-0.15, -0.1) is 0 Å². The van der Waals surface area contributed by atoms with Crippen LogP contribution >= 0.6 is 0 Å². The molecule has 0 radical (unpaired) electrons. The van der Waals surface area contributed by atoms with Crippen molar-refractivity contribution in [3.63, 3.8) is 0 Å². The van der Waals surface area contributed by atoms with Crippen molar-refractivity contribution in [3.8, 4) is 5.75 Å². The maximum atomic E-state index is 12.7. The zero-order valence-corrected chi connectivity index (χ0v) is 15.3. The number of fused-ring (bicyclic) bond motifs is 1. The number of hydrogen-bond acceptors (Lipinski definition) is 2. The highest BCUT2D eigenvalue weighted by Gasteiger charge is 2.22. The Bertz CT molecular complexity index is 860. The first kappa shape index (κ1) is 18.0. The Balaban J connectivity index is 1.71. The summed E-state index contributed by atoms with van der Waals surface area (Å²) in [5.74, 6) is 0.648. The monoisotopic (exact) mass is 347 g/mol. The van der Waals surface area contributed by atoms with Gasteiger partial charge in [-0.05, 0) is 41.3 Å². The second-order valence-corrected chi connectivity index (χ2v) is 6.40. The third-order valence-corrected chi connectivity index (χ3v) is 4.59. The number of benzene rings is 3. The fourth-order valence-electron chi connectivity index (χ4n) is 3.10. The normalized spacial score (nSPS) is 13.2. The molecule has 2 atom stereocenters. The topological polar surface area (TPSA) is 38.3 Å². The van der Waals surface area contributed by atoms with Crippen LogP contribution in [0.15, 0.2) is 72.8 Å². The van der Waals surface area contributed by atoms with Crippen molar-refractivity contribution >= 4 is 16.7 Å². The van der Waals surface area contributed by atoms with E-state index in [4.69, 9.17) is 4.74 Å². The number of nitrogens with one attached hydrogen (secondary N) is 1. The maximum absolute atomic E-state index is 12.7. The van der Waals surface area contributed by atoms with Crippen molar-refractivity contribution < 1.29 is 9.53 Å². The molecule has 0 saturated heterocycles. The molecule has 0 aliphatic heterocycles. The summed E-state index contributed by atoms with van der Waals surface area (Å²) in [5, 5.41) is 5.39. The molecule has 0 bridgehead atoms. The van der Waals surface area contributed by atoms with Crippen molar-refractivity contribution in [2.45, 2.75) is 38.8 Å². The average molecular weight is 347 g/mol. The Kier molecular flexibility index (Phi) is 5.90. The summed E-state index contributed by atoms with van der Waals surface area (Å²) >= 11 is 0. The fraction of sp³-hybridized carbons (Fsp3) is 0.261. The number of carbonyl (C=O) groups excluding carboxylic acids is 1. The largest absolute Gasteiger partial charge is 0.481 e. The van der Waals surface area contributed by atoms with Gasteiger partial charge in [-0.25, -0.2) is 0 Å². The zero-order valence-electron chi connectivity index (χ0n) is 15.3. The lowest BCUT2D eigenvalue weighted by Gasteiger charge is -2.22. The molecule has 0 unspecified atom stereocenters. The lowest BCUT2D eigenvalue weighted by molar-refractivity contribution is -0.128. The van der Waals surface area contributed by atoms with Crippen LogP contribution in [0.5, 0.6) is 5.75 Å². The molecule has 3 heteroatoms. The summed E-state index contributed by atoms with van der Waals surface area (Å²) in [6.07, 6.45) is 0.945. The molecule has 0 heterocycles. The molecular weight excluding hydrogens is 322 g/mol. The molecule has 3 aromatic carbocycles. The first-order valence-corrected chi connectivity index (χ1v) is 9.22. The minimum Gasteiger partial charge on any atom is -0.481 e. The molecule has 0 aliphatic rings. The van der Waals surface area contributed by atoms with E-state index < -0.39 is 6.10 Å². The van der Waals surface area contributed by atoms with Gasteiger partial charge < -0.3 is 10.1 Å². The number of rotatable bonds is 7. The van der Waals surface area contributed by atoms with E-state index in [1.807, 2.05) is 73.7 Å². The highest BCUT2D eigenvalue weighted by atomic mass is 16.5. The third kappa shape index (κ3) is 4.23. The van der Waals surface area contributed by atoms with Gasteiger partial charge >= 0.3 is 0 Å². The van der Waals surface area contributed by atoms with Crippen LogP contribution in [-0.2, 0) is 4.79 Å². The molecular formula is C23H25NO2. The molecule has 3 aromatic rings. The lowest BCUT2D eigenvalue weighted by atomic mass is 10.0. The quantitative estimate of drug-likeness (QED) is 0.633. The van der Waals surface area contributed by atoms with E-state index in [1.165, 1.54) is 0 Å². The fourth-order valence-corrected chi connectivity index (χ4v) is 3.10. The van der Waals surface area contributed by atoms with Gasteiger partial charge in [-0.3, -0.25) is 4.79 Å². The molecule has 1 amide bonds. The Morgan fingerprint density at radius 3 is 2.27 bits per heavy atom. The first-order valence-electron chi connectivity index (χ1n) is 9.22. The van der Waals surface area contributed by atoms with E-state index >= 15 is 0 Å². The van der Waals surface area contributed by atoms with E-state index in [0.717, 1.165) is 28.5 Å². The van der Waals surface area contributed by atoms with E-state index in [0.29, 0.717) is 6.42 Å². The summed E-state index contributed by atoms with van der Waals surface area (Å²) in [6.45, 7) is 4.04. The Labute approximate surface area is 155 Å². The van der Waals surface area contributed by atoms with Crippen molar-refractivity contribution in [2.75, 3.05) is 0 Å². The Morgan fingerprint density at radius 1 is 0.885 bits per heavy atom. The Hall–Kier alpha value is -2.81. The molecule has 3 rings (SSSR count). The van der Waals surface area contributed by atoms with Gasteiger partial charge in [0.15, 0.2) is 6.10 Å². The van der Waals surface area contributed by atoms with E-state index in [1.54, 1.807) is 0 Å². The smallest absolute Gasteiger partial charge is 0.261 e. The molecule has 0 spiro atoms. The number of carbonyl (C=O) groups is 1. The molecule has 0 aliphatic carbocycles. The SMILES string of the molecule is CC[C@H](NC(=O)[C@@H](CC)Oc1ccc2ccccc2c1)c1ccccc1. The van der Waals surface area contributed by atoms with Crippen LogP contribution in [0.25, 0.3) is 10.8 Å². The predicted molar refractivity (Wildman–Crippen MR) is 106 cm³/mol. The second kappa shape index (κ2) is 8.52. The minimum absolute atomic E-state index is 0.00189. The van der Waals surface area contributed by atoms with E-state index in [9.17, 15) is 4.79 Å². The van der Waals surface area contributed by atoms with Crippen molar-refractivity contribution in [1.82, 2.24) is 5.32 Å². The molecule has 3 nitrogen and oxygen atoms in total. The summed E-state index contributed by atoms with van der Waals surface area (Å²) in [6, 6.07) is 24.1. The van der Waals surface area contributed by atoms with Gasteiger partial charge in [0.05, 0.1) is 6.04 Å². The number of ether oxygens (including phenoxy) is 1. The standard InChI is InChI=1S/C23H25NO2/c1-3-21(18-11-6-5-7-12-18)24-23(25)22(4-2)26-20-15-14-17-10-8-9-13-19(17)16-20/h5-16,21-22H,3-4H2,1-2H3,(H,24,25)/t21-,22+/m0/s1. The van der Waals surface area contributed by atoms with Crippen LogP contribution in [0.3, 0.4) is 0 Å². The molecule has 1 N–H and O–H groups in total. The minimum atomic E-state index is -0.506. The van der Waals surface area contributed by atoms with Crippen molar-refractivity contribution in [2.24, 2.45) is 0 Å². The number of amides is 1. The van der Waals surface area contributed by atoms with Gasteiger partial charge in [0, 0.05) is 0 Å². The highest BCUT2D eigenvalue weighted by molar-refractivity contribution is 5.84. The average Bonchev–Trinajstić information content (AvgIpc) is 2.70. The van der Waals surface area contributed by atoms with Crippen LogP contribution in [0, 0.1) is 0 Å². The summed E-state index contributed by atoms with van der Waals surface area (Å²) < 4.78 is 6.00. The van der Waals surface area contributed by atoms with Gasteiger partial charge in [0.1, 0.15) is 5.75 Å². The van der Waals surface area contributed by atoms with Crippen LogP contribution in [0.4, 0.5) is 0 Å². The summed E-state index contributed by atoms with van der Waals surface area (Å²) in [4.78, 5) is 12.7. The van der Waals surface area contributed by atoms with Gasteiger partial charge in [0.25, 0.3) is 5.91 Å². The van der Waals surface area contributed by atoms with Crippen LogP contribution in [0.2, 0.25) is 0 Å². The second-order valence-electron chi connectivity index (χ2n) is 6.40. The van der Waals surface area contributed by atoms with E-state index in [2.05, 4.69) is 18.3 Å². The van der Waals surface area contributed by atoms with Gasteiger partial charge in [0.2, 0.25) is 0 Å². The van der Waals surface area contributed by atoms with Crippen molar-refractivity contribution in [1.29, 1.82) is 0 Å². The molecule has 26 heavy (non-hydrogen) atoms. The van der Waals surface area contributed by atoms with Crippen LogP contribution in [-0.4, -0.2) is 12.0 Å². The zero-order chi connectivity index (χ0) is 18.4. The highest BCUT2D eigenvalue weighted by Crippen LogP contribution is 2.23. The lowest BCUT2D eigenvalue weighted by Crippen LogP contribution is -2.39. The molecule has 0 fully saturated rings. The predicted octanol–water partition coefficient (Wildman–Crippen LogP) is 5.26. The van der Waals surface area contributed by atoms with Crippen molar-refractivity contribution in [3.05, 3.63) is 78.4 Å². The first-order chi connectivity index (χ1) is 12.7. The molecule has 134 valence electrons. The van der Waals surface area contributed by atoms with E-state index in [-0.39, 0.29) is 11.9 Å². The molecule has 0 saturated carbocycles. The van der Waals surface area contributed by atoms with Crippen LogP contribution < -0.4 is 10.1 Å². The molecule has 0 aromatic heterocycles. The van der Waals surface area contributed by atoms with Gasteiger partial charge in [-0.2, -0.15) is 0 Å². The third-order valence-electron chi connectivity index (χ3n) is 4.59. The van der Waals surface area contributed by atoms with Crippen LogP contribution in [0.1, 0.15) is 38.3 Å². The Morgan fingerprint density at radius 2 is 1.58 bits per heavy atom. The summed E-state index contributed by atoms with van der Waals surface area (Å²) in [7, 11) is 0. The van der Waals surface area contributed by atoms with Gasteiger partial charge in [-0.1, -0.05) is 74.5 Å². The summed E-state index contributed by atoms with van der Waals surface area (Å²) in [5.41, 5.74) is 1.11.